The molecule has 31 heavy (non-hydrogen) atoms. The lowest BCUT2D eigenvalue weighted by Gasteiger charge is -2.56. The summed E-state index contributed by atoms with van der Waals surface area (Å²) >= 11 is 0. The summed E-state index contributed by atoms with van der Waals surface area (Å²) in [6.07, 6.45) is 10.2. The topological polar surface area (TPSA) is 93.0 Å². The molecule has 8 heteroatoms. The SMILES string of the molecule is O=C(Nc1ccc(-n2cnnn2)cc1)[C@@H]1CCCN1C(=O)C12CC3CC(CC(C3)C1)C2. The van der Waals surface area contributed by atoms with Crippen molar-refractivity contribution in [2.24, 2.45) is 23.2 Å². The highest BCUT2D eigenvalue weighted by Crippen LogP contribution is 2.60. The van der Waals surface area contributed by atoms with Gasteiger partial charge in [-0.05, 0) is 104 Å². The first-order valence-electron chi connectivity index (χ1n) is 11.5. The minimum absolute atomic E-state index is 0.0780. The molecule has 162 valence electrons. The van der Waals surface area contributed by atoms with Gasteiger partial charge in [-0.1, -0.05) is 0 Å². The van der Waals surface area contributed by atoms with Crippen LogP contribution in [0.5, 0.6) is 0 Å². The van der Waals surface area contributed by atoms with Crippen molar-refractivity contribution in [2.75, 3.05) is 11.9 Å². The summed E-state index contributed by atoms with van der Waals surface area (Å²) in [6.45, 7) is 0.705. The molecule has 2 aromatic rings. The molecule has 1 atom stereocenters. The van der Waals surface area contributed by atoms with Crippen molar-refractivity contribution < 1.29 is 9.59 Å². The van der Waals surface area contributed by atoms with E-state index in [4.69, 9.17) is 0 Å². The number of likely N-dealkylation sites (tertiary alicyclic amines) is 1. The van der Waals surface area contributed by atoms with E-state index in [9.17, 15) is 9.59 Å². The maximum atomic E-state index is 13.8. The van der Waals surface area contributed by atoms with E-state index in [1.165, 1.54) is 25.6 Å². The Hall–Kier alpha value is -2.77. The molecular weight excluding hydrogens is 392 g/mol. The molecule has 2 heterocycles. The Balaban J connectivity index is 1.16. The number of carbonyl (C=O) groups excluding carboxylic acids is 2. The van der Waals surface area contributed by atoms with Crippen molar-refractivity contribution in [1.82, 2.24) is 25.1 Å². The zero-order valence-corrected chi connectivity index (χ0v) is 17.6. The largest absolute Gasteiger partial charge is 0.330 e. The van der Waals surface area contributed by atoms with Gasteiger partial charge in [0.25, 0.3) is 0 Å². The normalized spacial score (nSPS) is 33.6. The molecule has 1 aromatic heterocycles. The number of aromatic nitrogens is 4. The van der Waals surface area contributed by atoms with Crippen LogP contribution >= 0.6 is 0 Å². The molecule has 4 aliphatic carbocycles. The molecule has 0 unspecified atom stereocenters. The summed E-state index contributed by atoms with van der Waals surface area (Å²) in [6, 6.07) is 7.04. The van der Waals surface area contributed by atoms with E-state index in [1.807, 2.05) is 29.2 Å². The van der Waals surface area contributed by atoms with E-state index in [0.29, 0.717) is 6.54 Å². The molecule has 5 fully saturated rings. The van der Waals surface area contributed by atoms with Crippen molar-refractivity contribution in [2.45, 2.75) is 57.4 Å². The minimum Gasteiger partial charge on any atom is -0.330 e. The quantitative estimate of drug-likeness (QED) is 0.821. The van der Waals surface area contributed by atoms with Crippen molar-refractivity contribution in [3.05, 3.63) is 30.6 Å². The second-order valence-electron chi connectivity index (χ2n) is 10.1. The van der Waals surface area contributed by atoms with E-state index in [0.717, 1.165) is 61.2 Å². The van der Waals surface area contributed by atoms with Crippen LogP contribution in [-0.2, 0) is 9.59 Å². The highest BCUT2D eigenvalue weighted by molar-refractivity contribution is 5.98. The summed E-state index contributed by atoms with van der Waals surface area (Å²) in [7, 11) is 0. The van der Waals surface area contributed by atoms with Gasteiger partial charge in [-0.3, -0.25) is 9.59 Å². The van der Waals surface area contributed by atoms with Crippen LogP contribution in [0.25, 0.3) is 5.69 Å². The lowest BCUT2D eigenvalue weighted by molar-refractivity contribution is -0.160. The molecule has 4 bridgehead atoms. The molecule has 2 amide bonds. The Labute approximate surface area is 181 Å². The standard InChI is InChI=1S/C23H28N6O2/c30-21(25-18-3-5-19(6-4-18)29-14-24-26-27-29)20-2-1-7-28(20)22(31)23-11-15-8-16(12-23)10-17(9-15)13-23/h3-6,14-17,20H,1-2,7-13H2,(H,25,30)/t15?,16?,17?,20-,23?/m0/s1. The predicted molar refractivity (Wildman–Crippen MR) is 113 cm³/mol. The average Bonchev–Trinajstić information content (AvgIpc) is 3.45. The third kappa shape index (κ3) is 3.23. The summed E-state index contributed by atoms with van der Waals surface area (Å²) in [4.78, 5) is 28.8. The lowest BCUT2D eigenvalue weighted by atomic mass is 9.49. The lowest BCUT2D eigenvalue weighted by Crippen LogP contribution is -2.56. The number of benzene rings is 1. The van der Waals surface area contributed by atoms with E-state index < -0.39 is 0 Å². The van der Waals surface area contributed by atoms with Gasteiger partial charge >= 0.3 is 0 Å². The van der Waals surface area contributed by atoms with Gasteiger partial charge in [-0.2, -0.15) is 0 Å². The smallest absolute Gasteiger partial charge is 0.247 e. The third-order valence-electron chi connectivity index (χ3n) is 8.06. The summed E-state index contributed by atoms with van der Waals surface area (Å²) in [5, 5.41) is 14.2. The van der Waals surface area contributed by atoms with Crippen LogP contribution in [0, 0.1) is 23.2 Å². The maximum absolute atomic E-state index is 13.8. The molecule has 7 rings (SSSR count). The van der Waals surface area contributed by atoms with Gasteiger partial charge in [-0.15, -0.1) is 5.10 Å². The van der Waals surface area contributed by atoms with E-state index in [1.54, 1.807) is 4.68 Å². The molecule has 5 aliphatic rings. The monoisotopic (exact) mass is 420 g/mol. The van der Waals surface area contributed by atoms with E-state index in [2.05, 4.69) is 20.8 Å². The highest BCUT2D eigenvalue weighted by Gasteiger charge is 2.56. The van der Waals surface area contributed by atoms with Crippen molar-refractivity contribution in [1.29, 1.82) is 0 Å². The number of nitrogens with zero attached hydrogens (tertiary/aromatic N) is 5. The Morgan fingerprint density at radius 2 is 1.68 bits per heavy atom. The van der Waals surface area contributed by atoms with Crippen molar-refractivity contribution >= 4 is 17.5 Å². The second-order valence-corrected chi connectivity index (χ2v) is 10.1. The fourth-order valence-corrected chi connectivity index (χ4v) is 7.16. The first kappa shape index (κ1) is 19.0. The molecule has 0 spiro atoms. The van der Waals surface area contributed by atoms with Crippen LogP contribution < -0.4 is 5.32 Å². The zero-order chi connectivity index (χ0) is 21.0. The van der Waals surface area contributed by atoms with Gasteiger partial charge in [0.15, 0.2) is 0 Å². The van der Waals surface area contributed by atoms with Crippen LogP contribution in [0.15, 0.2) is 30.6 Å². The molecule has 1 saturated heterocycles. The molecule has 4 saturated carbocycles. The summed E-state index contributed by atoms with van der Waals surface area (Å²) in [5.74, 6) is 2.36. The average molecular weight is 421 g/mol. The first-order chi connectivity index (χ1) is 15.1. The Morgan fingerprint density at radius 3 is 2.29 bits per heavy atom. The van der Waals surface area contributed by atoms with Gasteiger partial charge in [0.05, 0.1) is 11.1 Å². The van der Waals surface area contributed by atoms with E-state index >= 15 is 0 Å². The number of amides is 2. The molecule has 1 aromatic carbocycles. The Kier molecular flexibility index (Phi) is 4.36. The van der Waals surface area contributed by atoms with E-state index in [-0.39, 0.29) is 23.3 Å². The number of nitrogens with one attached hydrogen (secondary N) is 1. The van der Waals surface area contributed by atoms with Crippen LogP contribution in [-0.4, -0.2) is 49.5 Å². The van der Waals surface area contributed by atoms with Crippen LogP contribution in [0.4, 0.5) is 5.69 Å². The third-order valence-corrected chi connectivity index (χ3v) is 8.06. The number of rotatable bonds is 4. The van der Waals surface area contributed by atoms with Crippen LogP contribution in [0.1, 0.15) is 51.4 Å². The van der Waals surface area contributed by atoms with Crippen LogP contribution in [0.2, 0.25) is 0 Å². The number of carbonyl (C=O) groups is 2. The fourth-order valence-electron chi connectivity index (χ4n) is 7.16. The summed E-state index contributed by atoms with van der Waals surface area (Å²) < 4.78 is 1.56. The maximum Gasteiger partial charge on any atom is 0.247 e. The Morgan fingerprint density at radius 1 is 1.00 bits per heavy atom. The van der Waals surface area contributed by atoms with Crippen LogP contribution in [0.3, 0.4) is 0 Å². The number of tetrazole rings is 1. The van der Waals surface area contributed by atoms with Gasteiger partial charge in [-0.25, -0.2) is 4.68 Å². The van der Waals surface area contributed by atoms with Crippen molar-refractivity contribution in [3.8, 4) is 5.69 Å². The molecule has 1 N–H and O–H groups in total. The molecule has 1 aliphatic heterocycles. The van der Waals surface area contributed by atoms with Gasteiger partial charge < -0.3 is 10.2 Å². The number of anilines is 1. The molecular formula is C23H28N6O2. The molecule has 8 nitrogen and oxygen atoms in total. The van der Waals surface area contributed by atoms with Crippen molar-refractivity contribution in [3.63, 3.8) is 0 Å². The second kappa shape index (κ2) is 7.14. The number of hydrogen-bond donors (Lipinski definition) is 1. The number of hydrogen-bond acceptors (Lipinski definition) is 5. The predicted octanol–water partition coefficient (Wildman–Crippen LogP) is 2.81. The highest BCUT2D eigenvalue weighted by atomic mass is 16.2. The Bertz CT molecular complexity index is 951. The minimum atomic E-state index is -0.361. The molecule has 0 radical (unpaired) electrons. The van der Waals surface area contributed by atoms with Gasteiger partial charge in [0.2, 0.25) is 11.8 Å². The fraction of sp³-hybridized carbons (Fsp3) is 0.609. The van der Waals surface area contributed by atoms with Gasteiger partial charge in [0.1, 0.15) is 12.4 Å². The summed E-state index contributed by atoms with van der Waals surface area (Å²) in [5.41, 5.74) is 1.35. The zero-order valence-electron chi connectivity index (χ0n) is 17.6. The van der Waals surface area contributed by atoms with Gasteiger partial charge in [0, 0.05) is 12.2 Å². The first-order valence-corrected chi connectivity index (χ1v) is 11.5.